The summed E-state index contributed by atoms with van der Waals surface area (Å²) in [5.74, 6) is 2.21. The summed E-state index contributed by atoms with van der Waals surface area (Å²) in [4.78, 5) is 24.5. The Morgan fingerprint density at radius 2 is 1.67 bits per heavy atom. The van der Waals surface area contributed by atoms with Gasteiger partial charge >= 0.3 is 0 Å². The Kier molecular flexibility index (Phi) is 4.31. The molecule has 1 aromatic carbocycles. The SMILES string of the molecule is O=C(CC12CC3CC(CC(C3)C1)C2)NNC(=O)c1cccc(I)c1. The van der Waals surface area contributed by atoms with Crippen LogP contribution in [-0.4, -0.2) is 11.8 Å². The number of carbonyl (C=O) groups is 2. The molecule has 24 heavy (non-hydrogen) atoms. The Balaban J connectivity index is 1.33. The number of hydrogen-bond donors (Lipinski definition) is 2. The van der Waals surface area contributed by atoms with Crippen molar-refractivity contribution in [2.45, 2.75) is 44.9 Å². The van der Waals surface area contributed by atoms with Crippen molar-refractivity contribution < 1.29 is 9.59 Å². The van der Waals surface area contributed by atoms with Crippen LogP contribution in [0.3, 0.4) is 0 Å². The summed E-state index contributed by atoms with van der Waals surface area (Å²) in [5, 5.41) is 0. The number of nitrogens with one attached hydrogen (secondary N) is 2. The van der Waals surface area contributed by atoms with Gasteiger partial charge in [0, 0.05) is 15.6 Å². The van der Waals surface area contributed by atoms with E-state index in [1.165, 1.54) is 38.5 Å². The summed E-state index contributed by atoms with van der Waals surface area (Å²) >= 11 is 2.17. The second-order valence-corrected chi connectivity index (χ2v) is 9.35. The summed E-state index contributed by atoms with van der Waals surface area (Å²) in [6.07, 6.45) is 8.31. The minimum atomic E-state index is -0.257. The van der Waals surface area contributed by atoms with Gasteiger partial charge in [0.1, 0.15) is 0 Å². The van der Waals surface area contributed by atoms with Crippen molar-refractivity contribution in [1.82, 2.24) is 10.9 Å². The molecule has 0 radical (unpaired) electrons. The molecule has 0 atom stereocenters. The van der Waals surface area contributed by atoms with E-state index in [4.69, 9.17) is 0 Å². The van der Waals surface area contributed by atoms with Crippen LogP contribution in [0.25, 0.3) is 0 Å². The molecule has 4 fully saturated rings. The minimum Gasteiger partial charge on any atom is -0.273 e. The third-order valence-electron chi connectivity index (χ3n) is 6.10. The maximum atomic E-state index is 12.4. The molecule has 0 spiro atoms. The van der Waals surface area contributed by atoms with E-state index in [1.807, 2.05) is 12.1 Å². The first-order chi connectivity index (χ1) is 11.5. The standard InChI is InChI=1S/C19H23IN2O2/c20-16-3-1-2-15(7-16)18(24)22-21-17(23)11-19-8-12-4-13(9-19)6-14(5-12)10-19/h1-3,7,12-14H,4-6,8-11H2,(H,21,23)(H,22,24). The molecule has 0 unspecified atom stereocenters. The molecular weight excluding hydrogens is 415 g/mol. The first-order valence-electron chi connectivity index (χ1n) is 8.86. The second-order valence-electron chi connectivity index (χ2n) is 8.11. The van der Waals surface area contributed by atoms with E-state index in [9.17, 15) is 9.59 Å². The van der Waals surface area contributed by atoms with Crippen molar-refractivity contribution in [3.63, 3.8) is 0 Å². The van der Waals surface area contributed by atoms with Crippen LogP contribution in [0.1, 0.15) is 55.3 Å². The molecule has 4 saturated carbocycles. The number of hydrazine groups is 1. The predicted molar refractivity (Wildman–Crippen MR) is 100.0 cm³/mol. The van der Waals surface area contributed by atoms with Gasteiger partial charge in [0.2, 0.25) is 5.91 Å². The van der Waals surface area contributed by atoms with Crippen molar-refractivity contribution >= 4 is 34.4 Å². The molecule has 0 aliphatic heterocycles. The van der Waals surface area contributed by atoms with Crippen LogP contribution in [0, 0.1) is 26.7 Å². The molecule has 2 N–H and O–H groups in total. The van der Waals surface area contributed by atoms with Crippen LogP contribution in [0.15, 0.2) is 24.3 Å². The van der Waals surface area contributed by atoms with Crippen LogP contribution in [0.4, 0.5) is 0 Å². The second kappa shape index (κ2) is 6.32. The maximum Gasteiger partial charge on any atom is 0.269 e. The highest BCUT2D eigenvalue weighted by molar-refractivity contribution is 14.1. The Labute approximate surface area is 156 Å². The molecular formula is C19H23IN2O2. The maximum absolute atomic E-state index is 12.4. The van der Waals surface area contributed by atoms with Crippen molar-refractivity contribution in [2.24, 2.45) is 23.2 Å². The van der Waals surface area contributed by atoms with E-state index in [0.717, 1.165) is 21.3 Å². The molecule has 0 heterocycles. The van der Waals surface area contributed by atoms with E-state index >= 15 is 0 Å². The Morgan fingerprint density at radius 3 is 2.25 bits per heavy atom. The lowest BCUT2D eigenvalue weighted by atomic mass is 9.49. The number of halogens is 1. The zero-order chi connectivity index (χ0) is 16.7. The molecule has 4 nitrogen and oxygen atoms in total. The average Bonchev–Trinajstić information content (AvgIpc) is 2.50. The van der Waals surface area contributed by atoms with E-state index in [1.54, 1.807) is 12.1 Å². The molecule has 2 amide bonds. The Morgan fingerprint density at radius 1 is 1.04 bits per heavy atom. The lowest BCUT2D eigenvalue weighted by Gasteiger charge is -2.56. The third-order valence-corrected chi connectivity index (χ3v) is 6.77. The fourth-order valence-corrected chi connectivity index (χ4v) is 6.26. The van der Waals surface area contributed by atoms with Gasteiger partial charge in [0.15, 0.2) is 0 Å². The highest BCUT2D eigenvalue weighted by Crippen LogP contribution is 2.61. The molecule has 4 aliphatic rings. The minimum absolute atomic E-state index is 0.0454. The van der Waals surface area contributed by atoms with E-state index in [-0.39, 0.29) is 17.2 Å². The molecule has 128 valence electrons. The van der Waals surface area contributed by atoms with Crippen molar-refractivity contribution in [1.29, 1.82) is 0 Å². The Hall–Kier alpha value is -1.11. The van der Waals surface area contributed by atoms with Crippen LogP contribution in [-0.2, 0) is 4.79 Å². The quantitative estimate of drug-likeness (QED) is 0.559. The summed E-state index contributed by atoms with van der Waals surface area (Å²) in [7, 11) is 0. The van der Waals surface area contributed by atoms with Gasteiger partial charge in [-0.05, 0) is 102 Å². The fraction of sp³-hybridized carbons (Fsp3) is 0.579. The number of carbonyl (C=O) groups excluding carboxylic acids is 2. The van der Waals surface area contributed by atoms with Gasteiger partial charge in [-0.2, -0.15) is 0 Å². The van der Waals surface area contributed by atoms with Gasteiger partial charge in [-0.1, -0.05) is 6.07 Å². The van der Waals surface area contributed by atoms with Gasteiger partial charge < -0.3 is 0 Å². The molecule has 5 rings (SSSR count). The zero-order valence-electron chi connectivity index (χ0n) is 13.7. The van der Waals surface area contributed by atoms with E-state index in [0.29, 0.717) is 12.0 Å². The van der Waals surface area contributed by atoms with Crippen LogP contribution >= 0.6 is 22.6 Å². The topological polar surface area (TPSA) is 58.2 Å². The summed E-state index contributed by atoms with van der Waals surface area (Å²) in [5.41, 5.74) is 5.97. The normalized spacial score (nSPS) is 33.3. The van der Waals surface area contributed by atoms with Gasteiger partial charge in [0.05, 0.1) is 0 Å². The Bertz CT molecular complexity index is 638. The van der Waals surface area contributed by atoms with Gasteiger partial charge in [0.25, 0.3) is 5.91 Å². The van der Waals surface area contributed by atoms with Crippen molar-refractivity contribution in [3.8, 4) is 0 Å². The highest BCUT2D eigenvalue weighted by atomic mass is 127. The summed E-state index contributed by atoms with van der Waals surface area (Å²) in [6.45, 7) is 0. The molecule has 4 bridgehead atoms. The monoisotopic (exact) mass is 438 g/mol. The zero-order valence-corrected chi connectivity index (χ0v) is 15.8. The molecule has 1 aromatic rings. The number of rotatable bonds is 3. The number of hydrogen-bond acceptors (Lipinski definition) is 2. The first kappa shape index (κ1) is 16.4. The van der Waals surface area contributed by atoms with E-state index < -0.39 is 0 Å². The lowest BCUT2D eigenvalue weighted by Crippen LogP contribution is -2.50. The van der Waals surface area contributed by atoms with Crippen LogP contribution < -0.4 is 10.9 Å². The predicted octanol–water partition coefficient (Wildman–Crippen LogP) is 3.66. The summed E-state index contributed by atoms with van der Waals surface area (Å²) in [6, 6.07) is 7.33. The average molecular weight is 438 g/mol. The van der Waals surface area contributed by atoms with Crippen LogP contribution in [0.5, 0.6) is 0 Å². The third kappa shape index (κ3) is 3.32. The number of amides is 2. The summed E-state index contributed by atoms with van der Waals surface area (Å²) < 4.78 is 1.00. The number of benzene rings is 1. The first-order valence-corrected chi connectivity index (χ1v) is 9.94. The van der Waals surface area contributed by atoms with Crippen molar-refractivity contribution in [2.75, 3.05) is 0 Å². The lowest BCUT2D eigenvalue weighted by molar-refractivity contribution is -0.130. The smallest absolute Gasteiger partial charge is 0.269 e. The molecule has 4 aliphatic carbocycles. The molecule has 0 saturated heterocycles. The van der Waals surface area contributed by atoms with Gasteiger partial charge in [-0.25, -0.2) is 0 Å². The fourth-order valence-electron chi connectivity index (χ4n) is 5.72. The molecule has 5 heteroatoms. The molecule has 0 aromatic heterocycles. The van der Waals surface area contributed by atoms with Gasteiger partial charge in [-0.3, -0.25) is 20.4 Å². The largest absolute Gasteiger partial charge is 0.273 e. The van der Waals surface area contributed by atoms with Crippen LogP contribution in [0.2, 0.25) is 0 Å². The van der Waals surface area contributed by atoms with Crippen molar-refractivity contribution in [3.05, 3.63) is 33.4 Å². The van der Waals surface area contributed by atoms with Gasteiger partial charge in [-0.15, -0.1) is 0 Å². The highest BCUT2D eigenvalue weighted by Gasteiger charge is 2.51. The van der Waals surface area contributed by atoms with E-state index in [2.05, 4.69) is 33.4 Å².